The van der Waals surface area contributed by atoms with E-state index in [1.165, 1.54) is 19.3 Å². The first-order valence-corrected chi connectivity index (χ1v) is 6.66. The highest BCUT2D eigenvalue weighted by molar-refractivity contribution is 5.34. The number of phenols is 1. The molecule has 1 N–H and O–H groups in total. The molecule has 0 amide bonds. The van der Waals surface area contributed by atoms with Gasteiger partial charge in [0.2, 0.25) is 0 Å². The Morgan fingerprint density at radius 2 is 1.76 bits per heavy atom. The summed E-state index contributed by atoms with van der Waals surface area (Å²) in [6.45, 7) is 6.80. The molecule has 0 spiro atoms. The predicted molar refractivity (Wildman–Crippen MR) is 71.1 cm³/mol. The second-order valence-electron chi connectivity index (χ2n) is 5.31. The molecular formula is C15H23NO. The molecule has 1 aromatic rings. The number of aromatic hydroxyl groups is 1. The van der Waals surface area contributed by atoms with Crippen molar-refractivity contribution in [2.75, 3.05) is 0 Å². The average Bonchev–Trinajstić information content (AvgIpc) is 2.29. The lowest BCUT2D eigenvalue weighted by atomic mass is 9.93. The van der Waals surface area contributed by atoms with Gasteiger partial charge in [0, 0.05) is 23.7 Å². The van der Waals surface area contributed by atoms with E-state index in [2.05, 4.69) is 25.7 Å². The van der Waals surface area contributed by atoms with Crippen molar-refractivity contribution in [1.82, 2.24) is 4.90 Å². The molecule has 1 unspecified atom stereocenters. The van der Waals surface area contributed by atoms with E-state index >= 15 is 0 Å². The minimum Gasteiger partial charge on any atom is -0.508 e. The van der Waals surface area contributed by atoms with Gasteiger partial charge in [-0.2, -0.15) is 0 Å². The monoisotopic (exact) mass is 233 g/mol. The molecule has 1 heterocycles. The minimum atomic E-state index is 0.293. The lowest BCUT2D eigenvalue weighted by Crippen LogP contribution is -2.45. The molecule has 1 aromatic carbocycles. The maximum absolute atomic E-state index is 9.96. The molecule has 3 atom stereocenters. The van der Waals surface area contributed by atoms with E-state index in [-0.39, 0.29) is 0 Å². The molecule has 0 aromatic heterocycles. The van der Waals surface area contributed by atoms with E-state index in [0.717, 1.165) is 5.56 Å². The molecule has 2 heteroatoms. The first kappa shape index (κ1) is 12.4. The van der Waals surface area contributed by atoms with Crippen LogP contribution in [0.3, 0.4) is 0 Å². The van der Waals surface area contributed by atoms with Crippen molar-refractivity contribution in [1.29, 1.82) is 0 Å². The number of hydrogen-bond donors (Lipinski definition) is 1. The van der Waals surface area contributed by atoms with Crippen LogP contribution in [0.5, 0.6) is 5.75 Å². The van der Waals surface area contributed by atoms with Gasteiger partial charge >= 0.3 is 0 Å². The van der Waals surface area contributed by atoms with Crippen LogP contribution < -0.4 is 0 Å². The Kier molecular flexibility index (Phi) is 3.72. The summed E-state index contributed by atoms with van der Waals surface area (Å²) in [6.07, 6.45) is 3.86. The second-order valence-corrected chi connectivity index (χ2v) is 5.31. The van der Waals surface area contributed by atoms with Crippen molar-refractivity contribution in [3.05, 3.63) is 29.8 Å². The molecule has 1 fully saturated rings. The zero-order valence-electron chi connectivity index (χ0n) is 11.1. The summed E-state index contributed by atoms with van der Waals surface area (Å²) in [7, 11) is 0. The van der Waals surface area contributed by atoms with Crippen LogP contribution in [0, 0.1) is 0 Å². The predicted octanol–water partition coefficient (Wildman–Crippen LogP) is 3.72. The topological polar surface area (TPSA) is 23.5 Å². The number of para-hydroxylation sites is 1. The van der Waals surface area contributed by atoms with Crippen LogP contribution >= 0.6 is 0 Å². The van der Waals surface area contributed by atoms with Crippen LogP contribution in [-0.4, -0.2) is 22.1 Å². The van der Waals surface area contributed by atoms with Gasteiger partial charge in [-0.1, -0.05) is 24.6 Å². The van der Waals surface area contributed by atoms with Crippen molar-refractivity contribution in [2.24, 2.45) is 0 Å². The van der Waals surface area contributed by atoms with Gasteiger partial charge in [-0.3, -0.25) is 4.90 Å². The fourth-order valence-corrected chi connectivity index (χ4v) is 3.21. The van der Waals surface area contributed by atoms with Gasteiger partial charge in [-0.15, -0.1) is 0 Å². The van der Waals surface area contributed by atoms with Crippen molar-refractivity contribution >= 4 is 0 Å². The Labute approximate surface area is 104 Å². The fourth-order valence-electron chi connectivity index (χ4n) is 3.21. The second kappa shape index (κ2) is 5.09. The normalized spacial score (nSPS) is 27.9. The molecule has 0 radical (unpaired) electrons. The third-order valence-electron chi connectivity index (χ3n) is 4.10. The van der Waals surface area contributed by atoms with Crippen LogP contribution in [-0.2, 0) is 0 Å². The Hall–Kier alpha value is -1.02. The van der Waals surface area contributed by atoms with Crippen LogP contribution in [0.15, 0.2) is 24.3 Å². The number of likely N-dealkylation sites (tertiary alicyclic amines) is 1. The summed E-state index contributed by atoms with van der Waals surface area (Å²) in [6, 6.07) is 9.21. The van der Waals surface area contributed by atoms with E-state index in [1.54, 1.807) is 6.07 Å². The summed E-state index contributed by atoms with van der Waals surface area (Å²) in [5, 5.41) is 9.96. The van der Waals surface area contributed by atoms with Gasteiger partial charge in [-0.25, -0.2) is 0 Å². The first-order valence-electron chi connectivity index (χ1n) is 6.66. The average molecular weight is 233 g/mol. The van der Waals surface area contributed by atoms with Crippen LogP contribution in [0.25, 0.3) is 0 Å². The van der Waals surface area contributed by atoms with Crippen molar-refractivity contribution < 1.29 is 5.11 Å². The van der Waals surface area contributed by atoms with Gasteiger partial charge in [-0.05, 0) is 39.7 Å². The highest BCUT2D eigenvalue weighted by atomic mass is 16.3. The van der Waals surface area contributed by atoms with E-state index in [9.17, 15) is 5.11 Å². The molecular weight excluding hydrogens is 210 g/mol. The van der Waals surface area contributed by atoms with Crippen LogP contribution in [0.4, 0.5) is 0 Å². The molecule has 17 heavy (non-hydrogen) atoms. The number of rotatable bonds is 2. The third kappa shape index (κ3) is 2.47. The molecule has 2 rings (SSSR count). The van der Waals surface area contributed by atoms with Gasteiger partial charge in [0.1, 0.15) is 5.75 Å². The van der Waals surface area contributed by atoms with Gasteiger partial charge < -0.3 is 5.11 Å². The highest BCUT2D eigenvalue weighted by Gasteiger charge is 2.30. The van der Waals surface area contributed by atoms with Crippen molar-refractivity contribution in [3.63, 3.8) is 0 Å². The quantitative estimate of drug-likeness (QED) is 0.841. The Bertz CT molecular complexity index is 367. The molecule has 2 nitrogen and oxygen atoms in total. The Morgan fingerprint density at radius 3 is 2.35 bits per heavy atom. The Morgan fingerprint density at radius 1 is 1.18 bits per heavy atom. The summed E-state index contributed by atoms with van der Waals surface area (Å²) >= 11 is 0. The van der Waals surface area contributed by atoms with Crippen molar-refractivity contribution in [2.45, 2.75) is 58.2 Å². The molecule has 1 aliphatic rings. The standard InChI is InChI=1S/C15H23NO/c1-11-7-6-8-12(2)16(11)13(3)14-9-4-5-10-15(14)17/h4-5,9-13,17H,6-8H2,1-3H3/t11-,12+,13?. The summed E-state index contributed by atoms with van der Waals surface area (Å²) in [5.41, 5.74) is 1.05. The van der Waals surface area contributed by atoms with Crippen LogP contribution in [0.2, 0.25) is 0 Å². The van der Waals surface area contributed by atoms with Gasteiger partial charge in [0.25, 0.3) is 0 Å². The highest BCUT2D eigenvalue weighted by Crippen LogP contribution is 2.35. The molecule has 94 valence electrons. The molecule has 1 saturated heterocycles. The molecule has 1 aliphatic heterocycles. The smallest absolute Gasteiger partial charge is 0.120 e. The van der Waals surface area contributed by atoms with Crippen LogP contribution in [0.1, 0.15) is 51.6 Å². The number of piperidine rings is 1. The summed E-state index contributed by atoms with van der Waals surface area (Å²) < 4.78 is 0. The SMILES string of the molecule is CC(c1ccccc1O)N1[C@H](C)CCC[C@@H]1C. The molecule has 0 saturated carbocycles. The zero-order valence-corrected chi connectivity index (χ0v) is 11.1. The lowest BCUT2D eigenvalue weighted by Gasteiger charge is -2.43. The molecule has 0 bridgehead atoms. The first-order chi connectivity index (χ1) is 8.11. The summed E-state index contributed by atoms with van der Waals surface area (Å²) in [4.78, 5) is 2.54. The number of benzene rings is 1. The van der Waals surface area contributed by atoms with Gasteiger partial charge in [0.15, 0.2) is 0 Å². The minimum absolute atomic E-state index is 0.293. The maximum atomic E-state index is 9.96. The molecule has 0 aliphatic carbocycles. The van der Waals surface area contributed by atoms with E-state index in [0.29, 0.717) is 23.9 Å². The largest absolute Gasteiger partial charge is 0.508 e. The maximum Gasteiger partial charge on any atom is 0.120 e. The third-order valence-corrected chi connectivity index (χ3v) is 4.10. The van der Waals surface area contributed by atoms with E-state index in [4.69, 9.17) is 0 Å². The Balaban J connectivity index is 2.24. The number of phenolic OH excluding ortho intramolecular Hbond substituents is 1. The lowest BCUT2D eigenvalue weighted by molar-refractivity contribution is 0.0613. The number of hydrogen-bond acceptors (Lipinski definition) is 2. The van der Waals surface area contributed by atoms with Crippen molar-refractivity contribution in [3.8, 4) is 5.75 Å². The zero-order chi connectivity index (χ0) is 12.4. The summed E-state index contributed by atoms with van der Waals surface area (Å²) in [5.74, 6) is 0.421. The number of nitrogens with zero attached hydrogens (tertiary/aromatic N) is 1. The van der Waals surface area contributed by atoms with E-state index in [1.807, 2.05) is 18.2 Å². The van der Waals surface area contributed by atoms with Gasteiger partial charge in [0.05, 0.1) is 0 Å². The fraction of sp³-hybridized carbons (Fsp3) is 0.600. The van der Waals surface area contributed by atoms with E-state index < -0.39 is 0 Å².